The van der Waals surface area contributed by atoms with Crippen LogP contribution < -0.4 is 10.2 Å². The first-order chi connectivity index (χ1) is 10.2. The van der Waals surface area contributed by atoms with Gasteiger partial charge >= 0.3 is 0 Å². The number of anilines is 1. The average molecular weight is 290 g/mol. The van der Waals surface area contributed by atoms with Gasteiger partial charge in [0.05, 0.1) is 11.9 Å². The van der Waals surface area contributed by atoms with Crippen molar-refractivity contribution in [1.82, 2.24) is 15.2 Å². The van der Waals surface area contributed by atoms with E-state index < -0.39 is 0 Å². The maximum absolute atomic E-state index is 4.31. The monoisotopic (exact) mass is 290 g/mol. The molecule has 0 radical (unpaired) electrons. The Morgan fingerprint density at radius 2 is 2.10 bits per heavy atom. The molecule has 1 aliphatic rings. The number of rotatable bonds is 8. The van der Waals surface area contributed by atoms with Gasteiger partial charge in [0, 0.05) is 32.9 Å². The number of hydrogen-bond donors (Lipinski definition) is 1. The maximum Gasteiger partial charge on any atom is 0.0596 e. The normalized spacial score (nSPS) is 15.8. The molecule has 0 saturated carbocycles. The second-order valence-electron chi connectivity index (χ2n) is 6.50. The quantitative estimate of drug-likeness (QED) is 0.796. The smallest absolute Gasteiger partial charge is 0.0596 e. The van der Waals surface area contributed by atoms with E-state index in [0.29, 0.717) is 5.92 Å². The van der Waals surface area contributed by atoms with Crippen LogP contribution in [0, 0.1) is 5.92 Å². The van der Waals surface area contributed by atoms with Gasteiger partial charge in [-0.1, -0.05) is 13.8 Å². The summed E-state index contributed by atoms with van der Waals surface area (Å²) in [6, 6.07) is 2.13. The van der Waals surface area contributed by atoms with Crippen molar-refractivity contribution in [3.8, 4) is 0 Å². The molecule has 2 rings (SSSR count). The van der Waals surface area contributed by atoms with Gasteiger partial charge in [0.2, 0.25) is 0 Å². The molecule has 2 heterocycles. The van der Waals surface area contributed by atoms with Crippen molar-refractivity contribution < 1.29 is 0 Å². The van der Waals surface area contributed by atoms with Crippen molar-refractivity contribution in [2.45, 2.75) is 33.2 Å². The molecule has 1 saturated heterocycles. The Labute approximate surface area is 129 Å². The molecule has 1 aromatic rings. The van der Waals surface area contributed by atoms with Crippen LogP contribution in [0.25, 0.3) is 0 Å². The fraction of sp³-hybridized carbons (Fsp3) is 0.706. The van der Waals surface area contributed by atoms with E-state index in [2.05, 4.69) is 47.1 Å². The van der Waals surface area contributed by atoms with Crippen molar-refractivity contribution in [3.05, 3.63) is 24.0 Å². The summed E-state index contributed by atoms with van der Waals surface area (Å²) in [5.74, 6) is 0.684. The summed E-state index contributed by atoms with van der Waals surface area (Å²) in [4.78, 5) is 9.21. The molecule has 118 valence electrons. The van der Waals surface area contributed by atoms with E-state index in [1.807, 2.05) is 12.4 Å². The highest BCUT2D eigenvalue weighted by atomic mass is 15.2. The summed E-state index contributed by atoms with van der Waals surface area (Å²) < 4.78 is 0. The SMILES string of the molecule is CC(C)CNCc1ccncc1N(C)CCN1CCCC1. The third-order valence-corrected chi connectivity index (χ3v) is 4.12. The largest absolute Gasteiger partial charge is 0.372 e. The fourth-order valence-corrected chi connectivity index (χ4v) is 2.82. The first kappa shape index (κ1) is 16.2. The zero-order chi connectivity index (χ0) is 15.1. The minimum absolute atomic E-state index is 0.684. The number of likely N-dealkylation sites (N-methyl/N-ethyl adjacent to an activating group) is 1. The Hall–Kier alpha value is -1.13. The van der Waals surface area contributed by atoms with Gasteiger partial charge in [-0.05, 0) is 50.0 Å². The zero-order valence-corrected chi connectivity index (χ0v) is 13.8. The lowest BCUT2D eigenvalue weighted by molar-refractivity contribution is 0.346. The van der Waals surface area contributed by atoms with E-state index in [9.17, 15) is 0 Å². The fourth-order valence-electron chi connectivity index (χ4n) is 2.82. The maximum atomic E-state index is 4.31. The summed E-state index contributed by atoms with van der Waals surface area (Å²) in [5.41, 5.74) is 2.60. The van der Waals surface area contributed by atoms with Crippen molar-refractivity contribution in [1.29, 1.82) is 0 Å². The van der Waals surface area contributed by atoms with Gasteiger partial charge in [0.1, 0.15) is 0 Å². The Morgan fingerprint density at radius 1 is 1.33 bits per heavy atom. The molecule has 0 bridgehead atoms. The standard InChI is InChI=1S/C17H30N4/c1-15(2)12-19-13-16-6-7-18-14-17(16)20(3)10-11-21-8-4-5-9-21/h6-7,14-15,19H,4-5,8-13H2,1-3H3. The average Bonchev–Trinajstić information content (AvgIpc) is 2.98. The van der Waals surface area contributed by atoms with E-state index >= 15 is 0 Å². The molecule has 0 unspecified atom stereocenters. The van der Waals surface area contributed by atoms with Crippen LogP contribution in [0.2, 0.25) is 0 Å². The lowest BCUT2D eigenvalue weighted by Gasteiger charge is -2.25. The van der Waals surface area contributed by atoms with Gasteiger partial charge in [0.25, 0.3) is 0 Å². The number of likely N-dealkylation sites (tertiary alicyclic amines) is 1. The van der Waals surface area contributed by atoms with Crippen LogP contribution in [0.1, 0.15) is 32.3 Å². The molecule has 0 amide bonds. The minimum atomic E-state index is 0.684. The first-order valence-electron chi connectivity index (χ1n) is 8.24. The second-order valence-corrected chi connectivity index (χ2v) is 6.50. The van der Waals surface area contributed by atoms with Gasteiger partial charge < -0.3 is 15.1 Å². The summed E-state index contributed by atoms with van der Waals surface area (Å²) in [6.07, 6.45) is 6.61. The molecule has 0 atom stereocenters. The lowest BCUT2D eigenvalue weighted by atomic mass is 10.2. The summed E-state index contributed by atoms with van der Waals surface area (Å²) in [6.45, 7) is 11.2. The first-order valence-corrected chi connectivity index (χ1v) is 8.24. The molecule has 4 nitrogen and oxygen atoms in total. The predicted octanol–water partition coefficient (Wildman–Crippen LogP) is 2.36. The van der Waals surface area contributed by atoms with E-state index in [0.717, 1.165) is 26.2 Å². The number of aromatic nitrogens is 1. The molecule has 21 heavy (non-hydrogen) atoms. The molecule has 1 fully saturated rings. The van der Waals surface area contributed by atoms with Crippen LogP contribution in [0.5, 0.6) is 0 Å². The van der Waals surface area contributed by atoms with Crippen LogP contribution in [-0.4, -0.2) is 49.7 Å². The molecule has 0 aliphatic carbocycles. The van der Waals surface area contributed by atoms with Crippen molar-refractivity contribution in [2.75, 3.05) is 44.7 Å². The van der Waals surface area contributed by atoms with Gasteiger partial charge in [-0.25, -0.2) is 0 Å². The van der Waals surface area contributed by atoms with Gasteiger partial charge in [-0.15, -0.1) is 0 Å². The third kappa shape index (κ3) is 5.29. The second kappa shape index (κ2) is 8.35. The minimum Gasteiger partial charge on any atom is -0.372 e. The van der Waals surface area contributed by atoms with Crippen molar-refractivity contribution in [2.24, 2.45) is 5.92 Å². The number of pyridine rings is 1. The van der Waals surface area contributed by atoms with E-state index in [4.69, 9.17) is 0 Å². The Morgan fingerprint density at radius 3 is 2.81 bits per heavy atom. The highest BCUT2D eigenvalue weighted by molar-refractivity contribution is 5.51. The van der Waals surface area contributed by atoms with Crippen molar-refractivity contribution >= 4 is 5.69 Å². The summed E-state index contributed by atoms with van der Waals surface area (Å²) >= 11 is 0. The van der Waals surface area contributed by atoms with E-state index in [1.54, 1.807) is 0 Å². The van der Waals surface area contributed by atoms with Gasteiger partial charge in [0.15, 0.2) is 0 Å². The van der Waals surface area contributed by atoms with Crippen LogP contribution in [0.3, 0.4) is 0 Å². The molecular formula is C17H30N4. The number of nitrogens with one attached hydrogen (secondary N) is 1. The number of hydrogen-bond acceptors (Lipinski definition) is 4. The molecule has 0 aromatic carbocycles. The van der Waals surface area contributed by atoms with E-state index in [-0.39, 0.29) is 0 Å². The Kier molecular flexibility index (Phi) is 6.46. The topological polar surface area (TPSA) is 31.4 Å². The Balaban J connectivity index is 1.87. The van der Waals surface area contributed by atoms with Gasteiger partial charge in [-0.3, -0.25) is 4.98 Å². The molecule has 1 aromatic heterocycles. The predicted molar refractivity (Wildman–Crippen MR) is 89.7 cm³/mol. The van der Waals surface area contributed by atoms with Crippen LogP contribution in [0.4, 0.5) is 5.69 Å². The third-order valence-electron chi connectivity index (χ3n) is 4.12. The van der Waals surface area contributed by atoms with Crippen molar-refractivity contribution in [3.63, 3.8) is 0 Å². The highest BCUT2D eigenvalue weighted by Gasteiger charge is 2.13. The molecular weight excluding hydrogens is 260 g/mol. The van der Waals surface area contributed by atoms with E-state index in [1.165, 1.54) is 37.2 Å². The lowest BCUT2D eigenvalue weighted by Crippen LogP contribution is -2.32. The molecule has 0 spiro atoms. The highest BCUT2D eigenvalue weighted by Crippen LogP contribution is 2.18. The van der Waals surface area contributed by atoms with Crippen LogP contribution in [-0.2, 0) is 6.54 Å². The van der Waals surface area contributed by atoms with Crippen LogP contribution in [0.15, 0.2) is 18.5 Å². The molecule has 1 aliphatic heterocycles. The molecule has 4 heteroatoms. The number of nitrogens with zero attached hydrogens (tertiary/aromatic N) is 3. The zero-order valence-electron chi connectivity index (χ0n) is 13.8. The van der Waals surface area contributed by atoms with Gasteiger partial charge in [-0.2, -0.15) is 0 Å². The molecule has 1 N–H and O–H groups in total. The Bertz CT molecular complexity index is 413. The summed E-state index contributed by atoms with van der Waals surface area (Å²) in [5, 5.41) is 3.53. The van der Waals surface area contributed by atoms with Crippen LogP contribution >= 0.6 is 0 Å². The summed E-state index contributed by atoms with van der Waals surface area (Å²) in [7, 11) is 2.18.